The second-order valence-electron chi connectivity index (χ2n) is 5.50. The fourth-order valence-corrected chi connectivity index (χ4v) is 4.00. The van der Waals surface area contributed by atoms with Crippen LogP contribution in [0.15, 0.2) is 59.5 Å². The molecule has 0 heterocycles. The predicted molar refractivity (Wildman–Crippen MR) is 89.9 cm³/mol. The lowest BCUT2D eigenvalue weighted by molar-refractivity contribution is -0.137. The van der Waals surface area contributed by atoms with E-state index in [9.17, 15) is 17.7 Å². The van der Waals surface area contributed by atoms with Crippen molar-refractivity contribution in [3.63, 3.8) is 0 Å². The van der Waals surface area contributed by atoms with Crippen LogP contribution < -0.4 is 5.73 Å². The fraction of sp³-hybridized carbons (Fsp3) is 0.333. The van der Waals surface area contributed by atoms with Crippen LogP contribution in [-0.2, 0) is 17.4 Å². The molecule has 2 unspecified atom stereocenters. The lowest BCUT2D eigenvalue weighted by Crippen LogP contribution is -2.15. The average Bonchev–Trinajstić information content (AvgIpc) is 2.58. The van der Waals surface area contributed by atoms with Crippen molar-refractivity contribution in [2.24, 2.45) is 5.73 Å². The number of unbranched alkanes of at least 4 members (excludes halogenated alkanes) is 1. The molecule has 2 aromatic rings. The zero-order valence-corrected chi connectivity index (χ0v) is 13.9. The summed E-state index contributed by atoms with van der Waals surface area (Å²) < 4.78 is 50.9. The van der Waals surface area contributed by atoms with Gasteiger partial charge in [0.1, 0.15) is 5.25 Å². The lowest BCUT2D eigenvalue weighted by Gasteiger charge is -2.22. The Labute approximate surface area is 143 Å². The summed E-state index contributed by atoms with van der Waals surface area (Å²) in [4.78, 5) is 0.407. The molecule has 24 heavy (non-hydrogen) atoms. The summed E-state index contributed by atoms with van der Waals surface area (Å²) in [6.45, 7) is 0.564. The molecular formula is C18H20F3NOS. The smallest absolute Gasteiger partial charge is 0.416 e. The van der Waals surface area contributed by atoms with Gasteiger partial charge < -0.3 is 10.3 Å². The van der Waals surface area contributed by atoms with Gasteiger partial charge in [0.15, 0.2) is 4.90 Å². The molecule has 0 amide bonds. The van der Waals surface area contributed by atoms with Gasteiger partial charge in [-0.05, 0) is 61.2 Å². The van der Waals surface area contributed by atoms with Gasteiger partial charge in [0.25, 0.3) is 0 Å². The Morgan fingerprint density at radius 2 is 1.58 bits per heavy atom. The molecule has 0 aliphatic heterocycles. The van der Waals surface area contributed by atoms with Gasteiger partial charge >= 0.3 is 6.18 Å². The van der Waals surface area contributed by atoms with Crippen LogP contribution in [0.2, 0.25) is 0 Å². The molecule has 0 bridgehead atoms. The van der Waals surface area contributed by atoms with E-state index in [0.717, 1.165) is 30.5 Å². The monoisotopic (exact) mass is 355 g/mol. The topological polar surface area (TPSA) is 49.1 Å². The molecule has 0 aliphatic rings. The maximum absolute atomic E-state index is 12.9. The van der Waals surface area contributed by atoms with Crippen molar-refractivity contribution in [2.75, 3.05) is 6.54 Å². The molecule has 2 N–H and O–H groups in total. The average molecular weight is 355 g/mol. The molecule has 0 saturated heterocycles. The van der Waals surface area contributed by atoms with Crippen LogP contribution in [0.25, 0.3) is 0 Å². The van der Waals surface area contributed by atoms with Gasteiger partial charge in [-0.3, -0.25) is 0 Å². The normalized spacial score (nSPS) is 14.4. The number of benzene rings is 2. The highest BCUT2D eigenvalue weighted by atomic mass is 32.2. The number of hydrogen-bond acceptors (Lipinski definition) is 2. The van der Waals surface area contributed by atoms with E-state index in [1.807, 2.05) is 30.3 Å². The third kappa shape index (κ3) is 5.00. The largest absolute Gasteiger partial charge is 0.611 e. The second kappa shape index (κ2) is 8.55. The van der Waals surface area contributed by atoms with Gasteiger partial charge in [0.05, 0.1) is 5.56 Å². The molecule has 2 nitrogen and oxygen atoms in total. The molecule has 0 aliphatic carbocycles. The van der Waals surface area contributed by atoms with Crippen LogP contribution >= 0.6 is 0 Å². The quantitative estimate of drug-likeness (QED) is 0.579. The van der Waals surface area contributed by atoms with Gasteiger partial charge in [0.2, 0.25) is 0 Å². The maximum atomic E-state index is 12.9. The Balaban J connectivity index is 2.22. The van der Waals surface area contributed by atoms with Crippen LogP contribution in [0, 0.1) is 0 Å². The van der Waals surface area contributed by atoms with Crippen molar-refractivity contribution in [3.05, 3.63) is 65.7 Å². The van der Waals surface area contributed by atoms with Gasteiger partial charge in [-0.25, -0.2) is 0 Å². The first-order chi connectivity index (χ1) is 11.4. The minimum atomic E-state index is -4.39. The van der Waals surface area contributed by atoms with Gasteiger partial charge in [0, 0.05) is 5.56 Å². The molecular weight excluding hydrogens is 335 g/mol. The number of alkyl halides is 3. The number of halogens is 3. The van der Waals surface area contributed by atoms with Crippen molar-refractivity contribution >= 4 is 11.2 Å². The number of hydrogen-bond donors (Lipinski definition) is 1. The van der Waals surface area contributed by atoms with E-state index in [1.165, 1.54) is 12.1 Å². The molecule has 0 saturated carbocycles. The van der Waals surface area contributed by atoms with Crippen molar-refractivity contribution in [3.8, 4) is 0 Å². The minimum absolute atomic E-state index is 0.255. The van der Waals surface area contributed by atoms with E-state index in [1.54, 1.807) is 0 Å². The van der Waals surface area contributed by atoms with Crippen LogP contribution in [0.5, 0.6) is 0 Å². The zero-order chi connectivity index (χ0) is 17.6. The summed E-state index contributed by atoms with van der Waals surface area (Å²) >= 11 is -1.42. The van der Waals surface area contributed by atoms with Crippen molar-refractivity contribution in [2.45, 2.75) is 35.6 Å². The summed E-state index contributed by atoms with van der Waals surface area (Å²) in [6.07, 6.45) is -2.06. The van der Waals surface area contributed by atoms with Gasteiger partial charge in [-0.2, -0.15) is 13.2 Å². The Morgan fingerprint density at radius 1 is 0.958 bits per heavy atom. The highest BCUT2D eigenvalue weighted by Crippen LogP contribution is 2.35. The minimum Gasteiger partial charge on any atom is -0.611 e. The number of rotatable bonds is 7. The van der Waals surface area contributed by atoms with E-state index in [4.69, 9.17) is 5.73 Å². The summed E-state index contributed by atoms with van der Waals surface area (Å²) in [6, 6.07) is 14.0. The zero-order valence-electron chi connectivity index (χ0n) is 13.1. The third-order valence-corrected chi connectivity index (χ3v) is 5.53. The third-order valence-electron chi connectivity index (χ3n) is 3.76. The summed E-state index contributed by atoms with van der Waals surface area (Å²) in [5, 5.41) is -0.255. The van der Waals surface area contributed by atoms with E-state index in [-0.39, 0.29) is 5.25 Å². The summed E-state index contributed by atoms with van der Waals surface area (Å²) in [5.41, 5.74) is 5.71. The van der Waals surface area contributed by atoms with Crippen LogP contribution in [0.3, 0.4) is 0 Å². The van der Waals surface area contributed by atoms with E-state index >= 15 is 0 Å². The van der Waals surface area contributed by atoms with E-state index < -0.39 is 22.9 Å². The SMILES string of the molecule is NCCCCC(c1ccccc1)[S+]([O-])c1ccc(C(F)(F)F)cc1. The summed E-state index contributed by atoms with van der Waals surface area (Å²) in [7, 11) is 0. The summed E-state index contributed by atoms with van der Waals surface area (Å²) in [5.74, 6) is 0. The number of nitrogens with two attached hydrogens (primary N) is 1. The van der Waals surface area contributed by atoms with E-state index in [2.05, 4.69) is 0 Å². The molecule has 2 aromatic carbocycles. The molecule has 0 aromatic heterocycles. The molecule has 2 atom stereocenters. The molecule has 2 rings (SSSR count). The highest BCUT2D eigenvalue weighted by Gasteiger charge is 2.32. The molecule has 6 heteroatoms. The standard InChI is InChI=1S/C18H20F3NOS/c19-18(20,21)15-9-11-16(12-10-15)24(23)17(8-4-5-13-22)14-6-2-1-3-7-14/h1-3,6-7,9-12,17H,4-5,8,13,22H2. The Bertz CT molecular complexity index is 616. The highest BCUT2D eigenvalue weighted by molar-refractivity contribution is 7.91. The first-order valence-corrected chi connectivity index (χ1v) is 8.97. The van der Waals surface area contributed by atoms with Gasteiger partial charge in [-0.1, -0.05) is 30.3 Å². The van der Waals surface area contributed by atoms with Crippen LogP contribution in [-0.4, -0.2) is 11.1 Å². The second-order valence-corrected chi connectivity index (χ2v) is 7.14. The first kappa shape index (κ1) is 18.8. The Kier molecular flexibility index (Phi) is 6.71. The van der Waals surface area contributed by atoms with E-state index in [0.29, 0.717) is 17.9 Å². The lowest BCUT2D eigenvalue weighted by atomic mass is 10.1. The molecule has 0 radical (unpaired) electrons. The van der Waals surface area contributed by atoms with Crippen molar-refractivity contribution < 1.29 is 17.7 Å². The Morgan fingerprint density at radius 3 is 2.12 bits per heavy atom. The first-order valence-electron chi connectivity index (χ1n) is 7.76. The molecule has 130 valence electrons. The fourth-order valence-electron chi connectivity index (χ4n) is 2.48. The van der Waals surface area contributed by atoms with Crippen LogP contribution in [0.4, 0.5) is 13.2 Å². The molecule has 0 spiro atoms. The Hall–Kier alpha value is -1.50. The maximum Gasteiger partial charge on any atom is 0.416 e. The molecule has 0 fully saturated rings. The van der Waals surface area contributed by atoms with Crippen LogP contribution in [0.1, 0.15) is 35.6 Å². The van der Waals surface area contributed by atoms with Crippen molar-refractivity contribution in [1.82, 2.24) is 0 Å². The predicted octanol–water partition coefficient (Wildman–Crippen LogP) is 4.68. The van der Waals surface area contributed by atoms with Crippen molar-refractivity contribution in [1.29, 1.82) is 0 Å². The van der Waals surface area contributed by atoms with Gasteiger partial charge in [-0.15, -0.1) is 0 Å².